The molecule has 2 rings (SSSR count). The Hall–Kier alpha value is -1.39. The SMILES string of the molecule is CNCC(CO)c1ccc2c(c1)CC(=O)N2C. The van der Waals surface area contributed by atoms with Crippen LogP contribution in [0.1, 0.15) is 17.0 Å². The van der Waals surface area contributed by atoms with Crippen LogP contribution in [0.5, 0.6) is 0 Å². The van der Waals surface area contributed by atoms with Crippen LogP contribution in [0.2, 0.25) is 0 Å². The zero-order valence-electron chi connectivity index (χ0n) is 10.2. The molecule has 0 fully saturated rings. The van der Waals surface area contributed by atoms with Crippen LogP contribution in [0.25, 0.3) is 0 Å². The molecule has 1 aromatic rings. The fraction of sp³-hybridized carbons (Fsp3) is 0.462. The minimum absolute atomic E-state index is 0.0892. The molecule has 0 saturated heterocycles. The van der Waals surface area contributed by atoms with Gasteiger partial charge in [-0.15, -0.1) is 0 Å². The van der Waals surface area contributed by atoms with E-state index in [9.17, 15) is 9.90 Å². The summed E-state index contributed by atoms with van der Waals surface area (Å²) in [5.41, 5.74) is 3.13. The summed E-state index contributed by atoms with van der Waals surface area (Å²) in [5.74, 6) is 0.220. The molecule has 0 saturated carbocycles. The van der Waals surface area contributed by atoms with E-state index in [-0.39, 0.29) is 18.4 Å². The number of aliphatic hydroxyl groups is 1. The summed E-state index contributed by atoms with van der Waals surface area (Å²) in [6.07, 6.45) is 0.470. The number of fused-ring (bicyclic) bond motifs is 1. The average Bonchev–Trinajstić information content (AvgIpc) is 2.61. The quantitative estimate of drug-likeness (QED) is 0.797. The van der Waals surface area contributed by atoms with Crippen molar-refractivity contribution in [1.82, 2.24) is 5.32 Å². The predicted molar refractivity (Wildman–Crippen MR) is 67.3 cm³/mol. The van der Waals surface area contributed by atoms with Crippen LogP contribution in [0, 0.1) is 0 Å². The van der Waals surface area contributed by atoms with Crippen LogP contribution in [-0.2, 0) is 11.2 Å². The summed E-state index contributed by atoms with van der Waals surface area (Å²) in [5, 5.41) is 12.4. The van der Waals surface area contributed by atoms with Crippen LogP contribution in [0.4, 0.5) is 5.69 Å². The van der Waals surface area contributed by atoms with Gasteiger partial charge in [0.05, 0.1) is 13.0 Å². The molecule has 1 atom stereocenters. The normalized spacial score (nSPS) is 16.2. The number of hydrogen-bond donors (Lipinski definition) is 2. The molecule has 1 heterocycles. The average molecular weight is 234 g/mol. The van der Waals surface area contributed by atoms with Crippen molar-refractivity contribution in [1.29, 1.82) is 0 Å². The van der Waals surface area contributed by atoms with Gasteiger partial charge in [-0.1, -0.05) is 12.1 Å². The van der Waals surface area contributed by atoms with Crippen molar-refractivity contribution in [2.24, 2.45) is 0 Å². The first-order valence-electron chi connectivity index (χ1n) is 5.82. The summed E-state index contributed by atoms with van der Waals surface area (Å²) >= 11 is 0. The predicted octanol–water partition coefficient (Wildman–Crippen LogP) is 0.501. The lowest BCUT2D eigenvalue weighted by Gasteiger charge is -2.16. The maximum absolute atomic E-state index is 11.6. The largest absolute Gasteiger partial charge is 0.396 e. The van der Waals surface area contributed by atoms with Gasteiger partial charge in [0, 0.05) is 25.2 Å². The topological polar surface area (TPSA) is 52.6 Å². The smallest absolute Gasteiger partial charge is 0.231 e. The van der Waals surface area contributed by atoms with Gasteiger partial charge in [0.2, 0.25) is 5.91 Å². The number of likely N-dealkylation sites (N-methyl/N-ethyl adjacent to an activating group) is 2. The van der Waals surface area contributed by atoms with Crippen LogP contribution < -0.4 is 10.2 Å². The Bertz CT molecular complexity index is 431. The molecule has 2 N–H and O–H groups in total. The third-order valence-electron chi connectivity index (χ3n) is 3.32. The van der Waals surface area contributed by atoms with E-state index < -0.39 is 0 Å². The number of benzene rings is 1. The van der Waals surface area contributed by atoms with Crippen molar-refractivity contribution >= 4 is 11.6 Å². The molecule has 0 radical (unpaired) electrons. The van der Waals surface area contributed by atoms with Crippen LogP contribution >= 0.6 is 0 Å². The first-order valence-corrected chi connectivity index (χ1v) is 5.82. The molecule has 0 bridgehead atoms. The highest BCUT2D eigenvalue weighted by atomic mass is 16.3. The number of amides is 1. The fourth-order valence-electron chi connectivity index (χ4n) is 2.28. The summed E-state index contributed by atoms with van der Waals surface area (Å²) in [6.45, 7) is 0.850. The number of hydrogen-bond acceptors (Lipinski definition) is 3. The number of nitrogens with zero attached hydrogens (tertiary/aromatic N) is 1. The highest BCUT2D eigenvalue weighted by Crippen LogP contribution is 2.30. The lowest BCUT2D eigenvalue weighted by molar-refractivity contribution is -0.117. The highest BCUT2D eigenvalue weighted by Gasteiger charge is 2.24. The molecule has 0 aromatic heterocycles. The molecule has 0 aliphatic carbocycles. The molecule has 1 unspecified atom stereocenters. The Morgan fingerprint density at radius 2 is 2.29 bits per heavy atom. The lowest BCUT2D eigenvalue weighted by Crippen LogP contribution is -2.20. The van der Waals surface area contributed by atoms with Crippen LogP contribution in [-0.4, -0.2) is 38.3 Å². The Kier molecular flexibility index (Phi) is 3.45. The van der Waals surface area contributed by atoms with E-state index >= 15 is 0 Å². The molecule has 4 heteroatoms. The summed E-state index contributed by atoms with van der Waals surface area (Å²) in [4.78, 5) is 13.3. The van der Waals surface area contributed by atoms with E-state index in [0.717, 1.165) is 23.4 Å². The Balaban J connectivity index is 2.29. The van der Waals surface area contributed by atoms with Gasteiger partial charge in [0.15, 0.2) is 0 Å². The van der Waals surface area contributed by atoms with E-state index in [1.54, 1.807) is 11.9 Å². The van der Waals surface area contributed by atoms with Gasteiger partial charge in [0.1, 0.15) is 0 Å². The summed E-state index contributed by atoms with van der Waals surface area (Å²) in [7, 11) is 3.66. The molecule has 0 spiro atoms. The van der Waals surface area contributed by atoms with Crippen LogP contribution in [0.15, 0.2) is 18.2 Å². The first kappa shape index (κ1) is 12.1. The standard InChI is InChI=1S/C13H18N2O2/c1-14-7-11(8-16)9-3-4-12-10(5-9)6-13(17)15(12)2/h3-5,11,14,16H,6-8H2,1-2H3. The maximum atomic E-state index is 11.6. The Morgan fingerprint density at radius 3 is 2.94 bits per heavy atom. The molecule has 1 aromatic carbocycles. The van der Waals surface area contributed by atoms with Crippen molar-refractivity contribution in [2.45, 2.75) is 12.3 Å². The minimum atomic E-state index is 0.0892. The number of carbonyl (C=O) groups excluding carboxylic acids is 1. The molecule has 1 aliphatic rings. The van der Waals surface area contributed by atoms with Crippen molar-refractivity contribution < 1.29 is 9.90 Å². The van der Waals surface area contributed by atoms with Crippen LogP contribution in [0.3, 0.4) is 0 Å². The van der Waals surface area contributed by atoms with E-state index in [0.29, 0.717) is 6.42 Å². The molecule has 4 nitrogen and oxygen atoms in total. The van der Waals surface area contributed by atoms with Gasteiger partial charge in [-0.05, 0) is 24.2 Å². The Morgan fingerprint density at radius 1 is 1.53 bits per heavy atom. The highest BCUT2D eigenvalue weighted by molar-refractivity contribution is 6.00. The van der Waals surface area contributed by atoms with Gasteiger partial charge in [-0.2, -0.15) is 0 Å². The van der Waals surface area contributed by atoms with E-state index in [1.165, 1.54) is 0 Å². The fourth-order valence-corrected chi connectivity index (χ4v) is 2.28. The molecular formula is C13H18N2O2. The third kappa shape index (κ3) is 2.18. The van der Waals surface area contributed by atoms with Crippen molar-refractivity contribution in [3.63, 3.8) is 0 Å². The van der Waals surface area contributed by atoms with Gasteiger partial charge in [0.25, 0.3) is 0 Å². The lowest BCUT2D eigenvalue weighted by atomic mass is 9.97. The number of carbonyl (C=O) groups is 1. The van der Waals surface area contributed by atoms with Gasteiger partial charge in [-0.25, -0.2) is 0 Å². The van der Waals surface area contributed by atoms with Crippen molar-refractivity contribution in [3.05, 3.63) is 29.3 Å². The molecule has 92 valence electrons. The second-order valence-corrected chi connectivity index (χ2v) is 4.45. The van der Waals surface area contributed by atoms with Crippen molar-refractivity contribution in [3.8, 4) is 0 Å². The van der Waals surface area contributed by atoms with E-state index in [4.69, 9.17) is 0 Å². The number of rotatable bonds is 4. The maximum Gasteiger partial charge on any atom is 0.231 e. The zero-order valence-corrected chi connectivity index (χ0v) is 10.2. The van der Waals surface area contributed by atoms with Gasteiger partial charge < -0.3 is 15.3 Å². The van der Waals surface area contributed by atoms with Gasteiger partial charge in [-0.3, -0.25) is 4.79 Å². The number of aliphatic hydroxyl groups excluding tert-OH is 1. The zero-order chi connectivity index (χ0) is 12.4. The third-order valence-corrected chi connectivity index (χ3v) is 3.32. The van der Waals surface area contributed by atoms with E-state index in [2.05, 4.69) is 5.32 Å². The number of nitrogens with one attached hydrogen (secondary N) is 1. The Labute approximate surface area is 101 Å². The number of anilines is 1. The molecular weight excluding hydrogens is 216 g/mol. The first-order chi connectivity index (χ1) is 8.17. The molecule has 1 amide bonds. The van der Waals surface area contributed by atoms with Gasteiger partial charge >= 0.3 is 0 Å². The minimum Gasteiger partial charge on any atom is -0.396 e. The van der Waals surface area contributed by atoms with Crippen molar-refractivity contribution in [2.75, 3.05) is 32.1 Å². The second-order valence-electron chi connectivity index (χ2n) is 4.45. The monoisotopic (exact) mass is 234 g/mol. The summed E-state index contributed by atoms with van der Waals surface area (Å²) in [6, 6.07) is 6.00. The molecule has 17 heavy (non-hydrogen) atoms. The molecule has 1 aliphatic heterocycles. The van der Waals surface area contributed by atoms with E-state index in [1.807, 2.05) is 25.2 Å². The summed E-state index contributed by atoms with van der Waals surface area (Å²) < 4.78 is 0. The second kappa shape index (κ2) is 4.85.